The molecule has 1 saturated heterocycles. The van der Waals surface area contributed by atoms with Gasteiger partial charge in [-0.05, 0) is 48.4 Å². The second kappa shape index (κ2) is 7.73. The van der Waals surface area contributed by atoms with Crippen LogP contribution in [0.3, 0.4) is 0 Å². The van der Waals surface area contributed by atoms with Gasteiger partial charge in [-0.2, -0.15) is 0 Å². The summed E-state index contributed by atoms with van der Waals surface area (Å²) < 4.78 is 2.27. The Labute approximate surface area is 149 Å². The van der Waals surface area contributed by atoms with Crippen LogP contribution in [-0.4, -0.2) is 31.1 Å². The number of benzene rings is 2. The summed E-state index contributed by atoms with van der Waals surface area (Å²) in [7, 11) is 0. The van der Waals surface area contributed by atoms with Crippen molar-refractivity contribution in [1.29, 1.82) is 0 Å². The van der Waals surface area contributed by atoms with Gasteiger partial charge in [0.2, 0.25) is 0 Å². The first-order valence-corrected chi connectivity index (χ1v) is 9.28. The highest BCUT2D eigenvalue weighted by Crippen LogP contribution is 2.31. The third kappa shape index (κ3) is 3.99. The highest BCUT2D eigenvalue weighted by atomic mass is 79.9. The number of nitrogens with one attached hydrogen (secondary N) is 1. The van der Waals surface area contributed by atoms with E-state index in [4.69, 9.17) is 0 Å². The van der Waals surface area contributed by atoms with Crippen LogP contribution in [0.25, 0.3) is 0 Å². The molecule has 2 nitrogen and oxygen atoms in total. The molecular formula is C18H20Br2N2. The summed E-state index contributed by atoms with van der Waals surface area (Å²) in [5.74, 6) is 0. The first-order valence-electron chi connectivity index (χ1n) is 7.70. The number of nitrogens with zero attached hydrogens (tertiary/aromatic N) is 1. The summed E-state index contributed by atoms with van der Waals surface area (Å²) >= 11 is 7.16. The molecule has 2 aromatic rings. The van der Waals surface area contributed by atoms with E-state index in [2.05, 4.69) is 90.6 Å². The zero-order chi connectivity index (χ0) is 15.4. The maximum Gasteiger partial charge on any atom is 0.0602 e. The van der Waals surface area contributed by atoms with Crippen LogP contribution >= 0.6 is 31.9 Å². The van der Waals surface area contributed by atoms with Gasteiger partial charge in [0.25, 0.3) is 0 Å². The summed E-state index contributed by atoms with van der Waals surface area (Å²) in [6.07, 6.45) is 1.20. The van der Waals surface area contributed by atoms with Crippen molar-refractivity contribution in [3.8, 4) is 0 Å². The largest absolute Gasteiger partial charge is 0.315 e. The second-order valence-corrected chi connectivity index (χ2v) is 7.48. The fourth-order valence-corrected chi connectivity index (χ4v) is 3.74. The third-order valence-corrected chi connectivity index (χ3v) is 5.11. The lowest BCUT2D eigenvalue weighted by molar-refractivity contribution is 0.241. The maximum atomic E-state index is 3.62. The van der Waals surface area contributed by atoms with E-state index >= 15 is 0 Å². The van der Waals surface area contributed by atoms with Gasteiger partial charge in [-0.15, -0.1) is 0 Å². The number of halogens is 2. The van der Waals surface area contributed by atoms with Crippen molar-refractivity contribution in [1.82, 2.24) is 10.2 Å². The fraction of sp³-hybridized carbons (Fsp3) is 0.333. The Balaban J connectivity index is 1.99. The van der Waals surface area contributed by atoms with Crippen LogP contribution in [0.1, 0.15) is 23.6 Å². The minimum Gasteiger partial charge on any atom is -0.315 e. The highest BCUT2D eigenvalue weighted by Gasteiger charge is 2.23. The molecule has 1 heterocycles. The van der Waals surface area contributed by atoms with Crippen molar-refractivity contribution >= 4 is 31.9 Å². The standard InChI is InChI=1S/C18H20Br2N2/c19-16-7-5-14(6-8-16)18(15-3-1-4-17(20)13-15)22-11-2-9-21-10-12-22/h1,3-8,13,18,21H,2,9-12H2. The van der Waals surface area contributed by atoms with E-state index in [9.17, 15) is 0 Å². The second-order valence-electron chi connectivity index (χ2n) is 5.65. The van der Waals surface area contributed by atoms with Gasteiger partial charge >= 0.3 is 0 Å². The minimum absolute atomic E-state index is 0.311. The van der Waals surface area contributed by atoms with Gasteiger partial charge < -0.3 is 5.32 Å². The van der Waals surface area contributed by atoms with Crippen LogP contribution in [0, 0.1) is 0 Å². The van der Waals surface area contributed by atoms with E-state index in [1.165, 1.54) is 17.5 Å². The van der Waals surface area contributed by atoms with Gasteiger partial charge in [0.05, 0.1) is 6.04 Å². The van der Waals surface area contributed by atoms with Gasteiger partial charge in [0.1, 0.15) is 0 Å². The average molecular weight is 424 g/mol. The molecule has 1 N–H and O–H groups in total. The van der Waals surface area contributed by atoms with E-state index in [1.807, 2.05) is 0 Å². The molecule has 1 unspecified atom stereocenters. The molecule has 0 saturated carbocycles. The van der Waals surface area contributed by atoms with Crippen molar-refractivity contribution in [2.24, 2.45) is 0 Å². The van der Waals surface area contributed by atoms with Gasteiger partial charge in [0.15, 0.2) is 0 Å². The molecular weight excluding hydrogens is 404 g/mol. The third-order valence-electron chi connectivity index (χ3n) is 4.09. The Bertz CT molecular complexity index is 605. The summed E-state index contributed by atoms with van der Waals surface area (Å²) in [5, 5.41) is 3.50. The molecule has 4 heteroatoms. The number of rotatable bonds is 3. The zero-order valence-corrected chi connectivity index (χ0v) is 15.6. The quantitative estimate of drug-likeness (QED) is 0.776. The van der Waals surface area contributed by atoms with Gasteiger partial charge in [-0.1, -0.05) is 56.1 Å². The SMILES string of the molecule is Brc1ccc(C(c2cccc(Br)c2)N2CCCNCC2)cc1. The van der Waals surface area contributed by atoms with E-state index in [0.29, 0.717) is 6.04 Å². The minimum atomic E-state index is 0.311. The van der Waals surface area contributed by atoms with Gasteiger partial charge in [-0.3, -0.25) is 4.90 Å². The van der Waals surface area contributed by atoms with E-state index in [-0.39, 0.29) is 0 Å². The average Bonchev–Trinajstić information content (AvgIpc) is 2.79. The molecule has 0 spiro atoms. The first kappa shape index (κ1) is 16.2. The van der Waals surface area contributed by atoms with E-state index in [1.54, 1.807) is 0 Å². The van der Waals surface area contributed by atoms with Crippen LogP contribution in [-0.2, 0) is 0 Å². The van der Waals surface area contributed by atoms with Crippen molar-refractivity contribution in [2.75, 3.05) is 26.2 Å². The lowest BCUT2D eigenvalue weighted by atomic mass is 9.97. The Morgan fingerprint density at radius 3 is 2.45 bits per heavy atom. The van der Waals surface area contributed by atoms with E-state index < -0.39 is 0 Å². The molecule has 0 bridgehead atoms. The first-order chi connectivity index (χ1) is 10.7. The van der Waals surface area contributed by atoms with Crippen LogP contribution in [0.2, 0.25) is 0 Å². The summed E-state index contributed by atoms with van der Waals surface area (Å²) in [6, 6.07) is 17.7. The lowest BCUT2D eigenvalue weighted by Crippen LogP contribution is -2.33. The smallest absolute Gasteiger partial charge is 0.0602 e. The van der Waals surface area contributed by atoms with Crippen molar-refractivity contribution in [3.63, 3.8) is 0 Å². The predicted molar refractivity (Wildman–Crippen MR) is 99.2 cm³/mol. The molecule has 116 valence electrons. The molecule has 1 fully saturated rings. The van der Waals surface area contributed by atoms with E-state index in [0.717, 1.165) is 35.1 Å². The number of hydrogen-bond acceptors (Lipinski definition) is 2. The van der Waals surface area contributed by atoms with Crippen LogP contribution < -0.4 is 5.32 Å². The molecule has 1 atom stereocenters. The molecule has 0 aromatic heterocycles. The fourth-order valence-electron chi connectivity index (χ4n) is 3.06. The molecule has 3 rings (SSSR count). The Morgan fingerprint density at radius 2 is 1.68 bits per heavy atom. The van der Waals surface area contributed by atoms with Crippen LogP contribution in [0.4, 0.5) is 0 Å². The Hall–Kier alpha value is -0.680. The summed E-state index contributed by atoms with van der Waals surface area (Å²) in [5.41, 5.74) is 2.70. The topological polar surface area (TPSA) is 15.3 Å². The van der Waals surface area contributed by atoms with Crippen molar-refractivity contribution < 1.29 is 0 Å². The monoisotopic (exact) mass is 422 g/mol. The Kier molecular flexibility index (Phi) is 5.69. The molecule has 1 aliphatic heterocycles. The van der Waals surface area contributed by atoms with Gasteiger partial charge in [0, 0.05) is 28.6 Å². The zero-order valence-electron chi connectivity index (χ0n) is 12.4. The van der Waals surface area contributed by atoms with Crippen molar-refractivity contribution in [2.45, 2.75) is 12.5 Å². The molecule has 0 radical (unpaired) electrons. The molecule has 22 heavy (non-hydrogen) atoms. The Morgan fingerprint density at radius 1 is 0.864 bits per heavy atom. The summed E-state index contributed by atoms with van der Waals surface area (Å²) in [6.45, 7) is 4.37. The van der Waals surface area contributed by atoms with Crippen LogP contribution in [0.5, 0.6) is 0 Å². The van der Waals surface area contributed by atoms with Gasteiger partial charge in [-0.25, -0.2) is 0 Å². The highest BCUT2D eigenvalue weighted by molar-refractivity contribution is 9.10. The summed E-state index contributed by atoms with van der Waals surface area (Å²) in [4.78, 5) is 2.59. The molecule has 0 aliphatic carbocycles. The van der Waals surface area contributed by atoms with Crippen molar-refractivity contribution in [3.05, 3.63) is 68.6 Å². The maximum absolute atomic E-state index is 3.62. The lowest BCUT2D eigenvalue weighted by Gasteiger charge is -2.31. The normalized spacial score (nSPS) is 17.9. The number of hydrogen-bond donors (Lipinski definition) is 1. The predicted octanol–water partition coefficient (Wildman–Crippen LogP) is 4.60. The molecule has 2 aromatic carbocycles. The van der Waals surface area contributed by atoms with Crippen LogP contribution in [0.15, 0.2) is 57.5 Å². The molecule has 1 aliphatic rings. The molecule has 0 amide bonds.